The molecule has 0 atom stereocenters. The first kappa shape index (κ1) is 28.5. The molecule has 0 amide bonds. The van der Waals surface area contributed by atoms with Gasteiger partial charge in [0.05, 0.1) is 12.1 Å². The number of carbonyl (C=O) groups excluding carboxylic acids is 1. The second-order valence-electron chi connectivity index (χ2n) is 6.89. The summed E-state index contributed by atoms with van der Waals surface area (Å²) in [6.45, 7) is 6.64. The quantitative estimate of drug-likeness (QED) is 0.184. The van der Waals surface area contributed by atoms with E-state index in [0.717, 1.165) is 0 Å². The Bertz CT molecular complexity index is 1120. The second-order valence-corrected chi connectivity index (χ2v) is 7.30. The molecular weight excluding hydrogens is 552 g/mol. The molecule has 1 N–H and O–H groups in total. The van der Waals surface area contributed by atoms with Crippen molar-refractivity contribution in [3.63, 3.8) is 0 Å². The number of allylic oxidation sites excluding steroid dienone is 1. The zero-order valence-electron chi connectivity index (χ0n) is 15.7. The highest BCUT2D eigenvalue weighted by molar-refractivity contribution is 6.33. The lowest BCUT2D eigenvalue weighted by Gasteiger charge is -2.51. The molecule has 2 rings (SSSR count). The number of aliphatic hydroxyl groups is 1. The minimum Gasteiger partial charge on any atom is -0.507 e. The van der Waals surface area contributed by atoms with Crippen LogP contribution in [0.15, 0.2) is 18.2 Å². The highest BCUT2D eigenvalue weighted by Gasteiger charge is 3.02. The van der Waals surface area contributed by atoms with E-state index in [1.807, 2.05) is 0 Å². The van der Waals surface area contributed by atoms with Gasteiger partial charge in [-0.05, 0) is 12.1 Å². The van der Waals surface area contributed by atoms with E-state index in [9.17, 15) is 71.4 Å². The minimum atomic E-state index is -7.61. The van der Waals surface area contributed by atoms with Crippen molar-refractivity contribution in [3.05, 3.63) is 45.8 Å². The van der Waals surface area contributed by atoms with E-state index < -0.39 is 80.9 Å². The Balaban J connectivity index is 2.79. The first-order valence-electron chi connectivity index (χ1n) is 8.19. The topological polar surface area (TPSA) is 41.7 Å². The molecule has 1 fully saturated rings. The predicted molar refractivity (Wildman–Crippen MR) is 86.9 cm³/mol. The summed E-state index contributed by atoms with van der Waals surface area (Å²) in [6, 6.07) is -0.0828. The van der Waals surface area contributed by atoms with Crippen molar-refractivity contribution in [1.29, 1.82) is 0 Å². The molecule has 1 saturated carbocycles. The first-order chi connectivity index (χ1) is 15.4. The molecule has 0 aliphatic heterocycles. The fourth-order valence-electron chi connectivity index (χ4n) is 2.91. The van der Waals surface area contributed by atoms with Crippen LogP contribution in [0.2, 0.25) is 5.02 Å². The fourth-order valence-corrected chi connectivity index (χ4v) is 3.18. The van der Waals surface area contributed by atoms with Gasteiger partial charge in [0, 0.05) is 16.7 Å². The summed E-state index contributed by atoms with van der Waals surface area (Å²) < 4.78 is 190. The van der Waals surface area contributed by atoms with Crippen molar-refractivity contribution in [2.45, 2.75) is 41.5 Å². The SMILES string of the molecule is [C-]#[N+]c1c(Cl)cc(/C(O)=C/C(=O)C2(F)C(F)(F)C(F)(F)C(F)(F)C(F)(F)C2(F)F)cc1C(F)(F)F. The smallest absolute Gasteiger partial charge is 0.407 e. The normalized spacial score (nSPS) is 23.9. The van der Waals surface area contributed by atoms with Gasteiger partial charge in [-0.1, -0.05) is 11.6 Å². The number of carbonyl (C=O) groups is 1. The molecule has 18 heteroatoms. The molecule has 1 aliphatic rings. The lowest BCUT2D eigenvalue weighted by atomic mass is 9.70. The first-order valence-corrected chi connectivity index (χ1v) is 8.57. The lowest BCUT2D eigenvalue weighted by molar-refractivity contribution is -0.475. The van der Waals surface area contributed by atoms with Crippen LogP contribution in [0.25, 0.3) is 10.6 Å². The zero-order chi connectivity index (χ0) is 27.8. The van der Waals surface area contributed by atoms with E-state index in [-0.39, 0.29) is 12.1 Å². The molecule has 0 aromatic heterocycles. The maximum Gasteiger partial charge on any atom is 0.407 e. The number of benzene rings is 1. The number of halogens is 15. The zero-order valence-corrected chi connectivity index (χ0v) is 16.5. The summed E-state index contributed by atoms with van der Waals surface area (Å²) in [5.41, 5.74) is -11.9. The molecule has 1 aromatic carbocycles. The van der Waals surface area contributed by atoms with Gasteiger partial charge in [0.15, 0.2) is 0 Å². The Labute approximate surface area is 188 Å². The molecule has 35 heavy (non-hydrogen) atoms. The summed E-state index contributed by atoms with van der Waals surface area (Å²) in [7, 11) is 0. The van der Waals surface area contributed by atoms with E-state index in [0.29, 0.717) is 0 Å². The van der Waals surface area contributed by atoms with Gasteiger partial charge in [-0.2, -0.15) is 57.1 Å². The molecule has 0 heterocycles. The van der Waals surface area contributed by atoms with Gasteiger partial charge < -0.3 is 5.11 Å². The van der Waals surface area contributed by atoms with Crippen LogP contribution in [0.5, 0.6) is 0 Å². The highest BCUT2D eigenvalue weighted by Crippen LogP contribution is 2.69. The molecular formula is C17H4ClF14NO2. The molecule has 1 aromatic rings. The van der Waals surface area contributed by atoms with Crippen molar-refractivity contribution < 1.29 is 71.4 Å². The number of aliphatic hydroxyl groups excluding tert-OH is 1. The number of ketones is 1. The van der Waals surface area contributed by atoms with Gasteiger partial charge >= 0.3 is 41.5 Å². The summed E-state index contributed by atoms with van der Waals surface area (Å²) >= 11 is 5.36. The number of alkyl halides is 14. The van der Waals surface area contributed by atoms with Gasteiger partial charge in [-0.3, -0.25) is 4.79 Å². The van der Waals surface area contributed by atoms with Gasteiger partial charge in [0.25, 0.3) is 0 Å². The molecule has 0 saturated heterocycles. The average Bonchev–Trinajstić information content (AvgIpc) is 2.69. The molecule has 3 nitrogen and oxygen atoms in total. The maximum atomic E-state index is 14.7. The Morgan fingerprint density at radius 2 is 1.26 bits per heavy atom. The van der Waals surface area contributed by atoms with Crippen molar-refractivity contribution >= 4 is 28.8 Å². The number of hydrogen-bond donors (Lipinski definition) is 1. The Morgan fingerprint density at radius 3 is 1.63 bits per heavy atom. The Hall–Kier alpha value is -2.77. The van der Waals surface area contributed by atoms with Gasteiger partial charge in [-0.25, -0.2) is 9.24 Å². The Morgan fingerprint density at radius 1 is 0.857 bits per heavy atom. The maximum absolute atomic E-state index is 14.7. The van der Waals surface area contributed by atoms with Crippen molar-refractivity contribution in [1.82, 2.24) is 0 Å². The van der Waals surface area contributed by atoms with Crippen LogP contribution in [0.1, 0.15) is 11.1 Å². The van der Waals surface area contributed by atoms with E-state index in [4.69, 9.17) is 18.2 Å². The average molecular weight is 556 g/mol. The monoisotopic (exact) mass is 555 g/mol. The van der Waals surface area contributed by atoms with Crippen molar-refractivity contribution in [2.75, 3.05) is 0 Å². The van der Waals surface area contributed by atoms with Crippen LogP contribution in [-0.2, 0) is 11.0 Å². The van der Waals surface area contributed by atoms with Crippen LogP contribution < -0.4 is 0 Å². The third-order valence-corrected chi connectivity index (χ3v) is 5.11. The summed E-state index contributed by atoms with van der Waals surface area (Å²) in [6.07, 6.45) is -6.66. The number of nitrogens with zero attached hydrogens (tertiary/aromatic N) is 1. The van der Waals surface area contributed by atoms with Crippen molar-refractivity contribution in [2.24, 2.45) is 0 Å². The van der Waals surface area contributed by atoms with E-state index in [1.165, 1.54) is 0 Å². The van der Waals surface area contributed by atoms with Crippen LogP contribution in [-0.4, -0.2) is 46.2 Å². The predicted octanol–water partition coefficient (Wildman–Crippen LogP) is 7.28. The summed E-state index contributed by atoms with van der Waals surface area (Å²) in [5.74, 6) is -44.0. The van der Waals surface area contributed by atoms with Crippen molar-refractivity contribution in [3.8, 4) is 0 Å². The standard InChI is InChI=1S/C17H4ClF14NO2/c1-33-10-6(12(20,21)22)2-5(3-7(10)18)8(34)4-9(35)11(19)13(23,24)15(27,28)17(31,32)16(29,30)14(11,25)26/h2-4,34H/b8-4-. The molecule has 0 spiro atoms. The number of hydrogen-bond acceptors (Lipinski definition) is 2. The largest absolute Gasteiger partial charge is 0.507 e. The second kappa shape index (κ2) is 7.61. The summed E-state index contributed by atoms with van der Waals surface area (Å²) in [5, 5.41) is 8.51. The van der Waals surface area contributed by atoms with Crippen LogP contribution in [0.3, 0.4) is 0 Å². The molecule has 0 unspecified atom stereocenters. The Kier molecular flexibility index (Phi) is 6.19. The molecule has 0 bridgehead atoms. The highest BCUT2D eigenvalue weighted by atomic mass is 35.5. The third-order valence-electron chi connectivity index (χ3n) is 4.83. The minimum absolute atomic E-state index is 0.169. The van der Waals surface area contributed by atoms with Gasteiger partial charge in [-0.15, -0.1) is 0 Å². The van der Waals surface area contributed by atoms with Crippen LogP contribution in [0.4, 0.5) is 67.2 Å². The molecule has 0 radical (unpaired) electrons. The van der Waals surface area contributed by atoms with E-state index in [2.05, 4.69) is 4.85 Å². The molecule has 194 valence electrons. The third kappa shape index (κ3) is 3.35. The van der Waals surface area contributed by atoms with Crippen LogP contribution >= 0.6 is 11.6 Å². The summed E-state index contributed by atoms with van der Waals surface area (Å²) in [4.78, 5) is 14.2. The van der Waals surface area contributed by atoms with Gasteiger partial charge in [0.2, 0.25) is 11.5 Å². The fraction of sp³-hybridized carbons (Fsp3) is 0.412. The van der Waals surface area contributed by atoms with Gasteiger partial charge in [0.1, 0.15) is 5.76 Å². The van der Waals surface area contributed by atoms with E-state index >= 15 is 0 Å². The number of rotatable bonds is 3. The lowest BCUT2D eigenvalue weighted by Crippen LogP contribution is -2.85. The van der Waals surface area contributed by atoms with Crippen LogP contribution in [0, 0.1) is 6.57 Å². The molecule has 1 aliphatic carbocycles. The van der Waals surface area contributed by atoms with E-state index in [1.54, 1.807) is 0 Å².